The molecule has 3 heterocycles. The molecule has 0 radical (unpaired) electrons. The van der Waals surface area contributed by atoms with Gasteiger partial charge in [-0.05, 0) is 42.8 Å². The Morgan fingerprint density at radius 3 is 2.71 bits per heavy atom. The molecule has 0 unspecified atom stereocenters. The van der Waals surface area contributed by atoms with Gasteiger partial charge in [-0.3, -0.25) is 14.4 Å². The van der Waals surface area contributed by atoms with E-state index in [0.717, 1.165) is 12.8 Å². The van der Waals surface area contributed by atoms with Crippen molar-refractivity contribution in [2.75, 3.05) is 11.4 Å². The number of nitrogens with zero attached hydrogens (tertiary/aromatic N) is 2. The second-order valence-corrected chi connectivity index (χ2v) is 6.93. The third-order valence-electron chi connectivity index (χ3n) is 4.58. The Balaban J connectivity index is 1.87. The first-order chi connectivity index (χ1) is 11.7. The van der Waals surface area contributed by atoms with E-state index in [1.165, 1.54) is 16.2 Å². The van der Waals surface area contributed by atoms with Gasteiger partial charge in [0.05, 0.1) is 16.1 Å². The molecule has 2 aliphatic heterocycles. The summed E-state index contributed by atoms with van der Waals surface area (Å²) in [4.78, 5) is 42.3. The molecule has 5 nitrogen and oxygen atoms in total. The zero-order valence-electron chi connectivity index (χ0n) is 13.0. The summed E-state index contributed by atoms with van der Waals surface area (Å²) >= 11 is 1.30. The van der Waals surface area contributed by atoms with E-state index in [1.807, 2.05) is 0 Å². The summed E-state index contributed by atoms with van der Waals surface area (Å²) in [5, 5.41) is 1.81. The number of thiophene rings is 1. The zero-order valence-corrected chi connectivity index (χ0v) is 13.8. The Morgan fingerprint density at radius 2 is 1.92 bits per heavy atom. The second-order valence-electron chi connectivity index (χ2n) is 5.98. The lowest BCUT2D eigenvalue weighted by Gasteiger charge is -2.33. The Morgan fingerprint density at radius 1 is 1.08 bits per heavy atom. The maximum atomic E-state index is 13.1. The molecular formula is C18H16N2O3S. The van der Waals surface area contributed by atoms with Crippen LogP contribution in [-0.4, -0.2) is 35.2 Å². The first-order valence-corrected chi connectivity index (χ1v) is 8.88. The number of para-hydroxylation sites is 1. The van der Waals surface area contributed by atoms with Gasteiger partial charge in [-0.1, -0.05) is 18.2 Å². The monoisotopic (exact) mass is 340 g/mol. The van der Waals surface area contributed by atoms with Crippen molar-refractivity contribution >= 4 is 34.7 Å². The van der Waals surface area contributed by atoms with Gasteiger partial charge in [0.1, 0.15) is 6.04 Å². The quantitative estimate of drug-likeness (QED) is 0.750. The van der Waals surface area contributed by atoms with Gasteiger partial charge in [-0.25, -0.2) is 4.90 Å². The van der Waals surface area contributed by atoms with Crippen LogP contribution in [0.4, 0.5) is 5.69 Å². The maximum absolute atomic E-state index is 13.1. The lowest BCUT2D eigenvalue weighted by atomic mass is 10.0. The van der Waals surface area contributed by atoms with Gasteiger partial charge < -0.3 is 4.90 Å². The summed E-state index contributed by atoms with van der Waals surface area (Å²) in [5.41, 5.74) is 0.806. The van der Waals surface area contributed by atoms with Crippen molar-refractivity contribution in [2.24, 2.45) is 0 Å². The number of carbonyl (C=O) groups excluding carboxylic acids is 3. The molecular weight excluding hydrogens is 324 g/mol. The molecule has 0 N–H and O–H groups in total. The van der Waals surface area contributed by atoms with Crippen LogP contribution in [0, 0.1) is 0 Å². The number of fused-ring (bicyclic) bond motifs is 2. The van der Waals surface area contributed by atoms with E-state index in [0.29, 0.717) is 29.1 Å². The predicted molar refractivity (Wildman–Crippen MR) is 91.3 cm³/mol. The highest BCUT2D eigenvalue weighted by atomic mass is 32.1. The smallest absolute Gasteiger partial charge is 0.275 e. The van der Waals surface area contributed by atoms with Crippen molar-refractivity contribution in [3.63, 3.8) is 0 Å². The van der Waals surface area contributed by atoms with Crippen molar-refractivity contribution in [2.45, 2.75) is 25.3 Å². The Bertz CT molecular complexity index is 815. The molecule has 1 aromatic carbocycles. The lowest BCUT2D eigenvalue weighted by Crippen LogP contribution is -2.52. The first-order valence-electron chi connectivity index (χ1n) is 8.00. The maximum Gasteiger partial charge on any atom is 0.275 e. The molecule has 0 saturated carbocycles. The minimum atomic E-state index is -0.553. The topological polar surface area (TPSA) is 57.7 Å². The van der Waals surface area contributed by atoms with E-state index in [-0.39, 0.29) is 17.7 Å². The van der Waals surface area contributed by atoms with Gasteiger partial charge in [0, 0.05) is 6.54 Å². The minimum absolute atomic E-state index is 0.162. The second kappa shape index (κ2) is 5.87. The van der Waals surface area contributed by atoms with Crippen molar-refractivity contribution < 1.29 is 14.4 Å². The number of benzene rings is 1. The molecule has 6 heteroatoms. The number of carbonyl (C=O) groups is 3. The summed E-state index contributed by atoms with van der Waals surface area (Å²) in [6, 6.07) is 9.81. The van der Waals surface area contributed by atoms with Crippen molar-refractivity contribution in [1.82, 2.24) is 4.90 Å². The van der Waals surface area contributed by atoms with Crippen molar-refractivity contribution in [3.05, 3.63) is 52.2 Å². The third-order valence-corrected chi connectivity index (χ3v) is 5.44. The number of rotatable bonds is 1. The third kappa shape index (κ3) is 2.26. The number of hydrogen-bond donors (Lipinski definition) is 0. The highest BCUT2D eigenvalue weighted by Crippen LogP contribution is 2.33. The van der Waals surface area contributed by atoms with Gasteiger partial charge in [-0.2, -0.15) is 0 Å². The number of imide groups is 1. The fraction of sp³-hybridized carbons (Fsp3) is 0.278. The largest absolute Gasteiger partial charge is 0.327 e. The summed E-state index contributed by atoms with van der Waals surface area (Å²) in [6.45, 7) is 0.560. The fourth-order valence-corrected chi connectivity index (χ4v) is 4.08. The van der Waals surface area contributed by atoms with Gasteiger partial charge in [-0.15, -0.1) is 11.3 Å². The van der Waals surface area contributed by atoms with Crippen molar-refractivity contribution in [3.8, 4) is 0 Å². The van der Waals surface area contributed by atoms with Gasteiger partial charge in [0.15, 0.2) is 0 Å². The Hall–Kier alpha value is -2.47. The highest BCUT2D eigenvalue weighted by Gasteiger charge is 2.43. The van der Waals surface area contributed by atoms with E-state index >= 15 is 0 Å². The molecule has 24 heavy (non-hydrogen) atoms. The normalized spacial score (nSPS) is 20.4. The average Bonchev–Trinajstić information content (AvgIpc) is 3.13. The first kappa shape index (κ1) is 15.1. The molecule has 2 aromatic rings. The zero-order chi connectivity index (χ0) is 16.7. The summed E-state index contributed by atoms with van der Waals surface area (Å²) in [5.74, 6) is -0.820. The van der Waals surface area contributed by atoms with E-state index in [1.54, 1.807) is 46.7 Å². The molecule has 0 spiro atoms. The predicted octanol–water partition coefficient (Wildman–Crippen LogP) is 2.93. The van der Waals surface area contributed by atoms with Gasteiger partial charge in [0.25, 0.3) is 17.7 Å². The molecule has 3 amide bonds. The van der Waals surface area contributed by atoms with E-state index < -0.39 is 6.04 Å². The summed E-state index contributed by atoms with van der Waals surface area (Å²) in [6.07, 6.45) is 2.38. The van der Waals surface area contributed by atoms with Crippen LogP contribution >= 0.6 is 11.3 Å². The molecule has 2 aliphatic rings. The molecule has 1 aromatic heterocycles. The summed E-state index contributed by atoms with van der Waals surface area (Å²) < 4.78 is 0. The van der Waals surface area contributed by atoms with Crippen LogP contribution in [0.25, 0.3) is 0 Å². The SMILES string of the molecule is O=C(c1cccs1)N1C(=O)[C@@H]2CCCCN2C(=O)c2ccccc21. The van der Waals surface area contributed by atoms with Crippen LogP contribution in [0.5, 0.6) is 0 Å². The number of hydrogen-bond acceptors (Lipinski definition) is 4. The number of anilines is 1. The van der Waals surface area contributed by atoms with Crippen LogP contribution in [0.15, 0.2) is 41.8 Å². The Kier molecular flexibility index (Phi) is 3.69. The molecule has 1 saturated heterocycles. The van der Waals surface area contributed by atoms with Gasteiger partial charge >= 0.3 is 0 Å². The van der Waals surface area contributed by atoms with E-state index in [4.69, 9.17) is 0 Å². The van der Waals surface area contributed by atoms with E-state index in [2.05, 4.69) is 0 Å². The molecule has 1 atom stereocenters. The number of piperidine rings is 1. The molecule has 0 bridgehead atoms. The molecule has 1 fully saturated rings. The highest BCUT2D eigenvalue weighted by molar-refractivity contribution is 7.12. The van der Waals surface area contributed by atoms with Crippen LogP contribution in [0.2, 0.25) is 0 Å². The van der Waals surface area contributed by atoms with Crippen LogP contribution < -0.4 is 4.90 Å². The van der Waals surface area contributed by atoms with Crippen molar-refractivity contribution in [1.29, 1.82) is 0 Å². The van der Waals surface area contributed by atoms with E-state index in [9.17, 15) is 14.4 Å². The Labute approximate surface area is 143 Å². The van der Waals surface area contributed by atoms with Gasteiger partial charge in [0.2, 0.25) is 0 Å². The lowest BCUT2D eigenvalue weighted by molar-refractivity contribution is -0.123. The summed E-state index contributed by atoms with van der Waals surface area (Å²) in [7, 11) is 0. The van der Waals surface area contributed by atoms with Crippen LogP contribution in [-0.2, 0) is 4.79 Å². The minimum Gasteiger partial charge on any atom is -0.327 e. The number of amides is 3. The van der Waals surface area contributed by atoms with Crippen LogP contribution in [0.3, 0.4) is 0 Å². The standard InChI is InChI=1S/C18H16N2O3S/c21-16-12-6-1-2-7-13(12)20(18(23)15-9-5-11-24-15)17(22)14-8-3-4-10-19(14)16/h1-2,5-7,9,11,14H,3-4,8,10H2/t14-/m0/s1. The average molecular weight is 340 g/mol. The molecule has 4 rings (SSSR count). The molecule has 0 aliphatic carbocycles. The molecule has 122 valence electrons. The van der Waals surface area contributed by atoms with Crippen LogP contribution in [0.1, 0.15) is 39.3 Å². The fourth-order valence-electron chi connectivity index (χ4n) is 3.42.